The molecule has 0 aromatic carbocycles. The van der Waals surface area contributed by atoms with Gasteiger partial charge in [0.15, 0.2) is 6.10 Å². The molecule has 0 saturated heterocycles. The van der Waals surface area contributed by atoms with Gasteiger partial charge in [0, 0.05) is 19.0 Å². The van der Waals surface area contributed by atoms with Crippen molar-refractivity contribution in [2.75, 3.05) is 14.2 Å². The summed E-state index contributed by atoms with van der Waals surface area (Å²) in [4.78, 5) is 31.3. The number of hydrogen-bond acceptors (Lipinski definition) is 6. The molecule has 2 amide bonds. The lowest BCUT2D eigenvalue weighted by Gasteiger charge is -2.27. The summed E-state index contributed by atoms with van der Waals surface area (Å²) in [5.74, 6) is 6.39. The molecule has 3 atom stereocenters. The number of carbonyl (C=O) groups is 2. The van der Waals surface area contributed by atoms with E-state index in [4.69, 9.17) is 21.1 Å². The molecule has 2 N–H and O–H groups in total. The third-order valence-electron chi connectivity index (χ3n) is 4.21. The van der Waals surface area contributed by atoms with E-state index in [9.17, 15) is 9.59 Å². The average molecular weight is 395 g/mol. The van der Waals surface area contributed by atoms with E-state index in [0.717, 1.165) is 25.7 Å². The van der Waals surface area contributed by atoms with Crippen LogP contribution < -0.4 is 15.4 Å². The topological polar surface area (TPSA) is 102 Å². The van der Waals surface area contributed by atoms with E-state index < -0.39 is 12.2 Å². The largest absolute Gasteiger partial charge is 0.480 e. The van der Waals surface area contributed by atoms with Crippen LogP contribution in [0.1, 0.15) is 38.2 Å². The predicted octanol–water partition coefficient (Wildman–Crippen LogP) is 1.91. The lowest BCUT2D eigenvalue weighted by molar-refractivity contribution is -0.129. The minimum atomic E-state index is -0.855. The van der Waals surface area contributed by atoms with Gasteiger partial charge in [-0.2, -0.15) is 4.98 Å². The third-order valence-corrected chi connectivity index (χ3v) is 4.39. The molecule has 8 nitrogen and oxygen atoms in total. The maximum absolute atomic E-state index is 12.2. The Morgan fingerprint density at radius 2 is 2.19 bits per heavy atom. The molecule has 1 heterocycles. The van der Waals surface area contributed by atoms with Crippen LogP contribution in [0.5, 0.6) is 5.88 Å². The van der Waals surface area contributed by atoms with Gasteiger partial charge in [-0.25, -0.2) is 9.78 Å². The zero-order chi connectivity index (χ0) is 19.8. The van der Waals surface area contributed by atoms with Crippen LogP contribution in [0.4, 0.5) is 4.79 Å². The smallest absolute Gasteiger partial charge is 0.407 e. The van der Waals surface area contributed by atoms with Gasteiger partial charge < -0.3 is 20.1 Å². The standard InChI is InChI=1S/C18H23ClN4O4/c1-11(27-18(25)20-2)15(24)22-14-6-4-5-12(9-14)7-8-13-10-21-17(19)23-16(13)26-3/h10-12,14H,4-6,9H2,1-3H3,(H,20,25)(H,22,24)/t11-,12-,14-/m0/s1. The summed E-state index contributed by atoms with van der Waals surface area (Å²) in [7, 11) is 2.94. The van der Waals surface area contributed by atoms with Crippen molar-refractivity contribution in [1.29, 1.82) is 0 Å². The van der Waals surface area contributed by atoms with Crippen molar-refractivity contribution in [3.05, 3.63) is 17.0 Å². The molecule has 0 spiro atoms. The van der Waals surface area contributed by atoms with Crippen molar-refractivity contribution in [1.82, 2.24) is 20.6 Å². The van der Waals surface area contributed by atoms with E-state index in [1.807, 2.05) is 0 Å². The molecule has 0 radical (unpaired) electrons. The number of nitrogens with zero attached hydrogens (tertiary/aromatic N) is 2. The SMILES string of the molecule is CNC(=O)O[C@@H](C)C(=O)N[C@H]1CCC[C@@H](C#Cc2cnc(Cl)nc2OC)C1. The molecule has 0 aliphatic heterocycles. The maximum Gasteiger partial charge on any atom is 0.407 e. The second kappa shape index (κ2) is 9.97. The van der Waals surface area contributed by atoms with Crippen LogP contribution >= 0.6 is 11.6 Å². The minimum Gasteiger partial charge on any atom is -0.480 e. The normalized spacial score (nSPS) is 19.9. The van der Waals surface area contributed by atoms with Gasteiger partial charge in [0.05, 0.1) is 13.3 Å². The lowest BCUT2D eigenvalue weighted by atomic mass is 9.86. The molecule has 1 aliphatic carbocycles. The lowest BCUT2D eigenvalue weighted by Crippen LogP contribution is -2.44. The Kier molecular flexibility index (Phi) is 7.67. The average Bonchev–Trinajstić information content (AvgIpc) is 2.66. The molecule has 1 aromatic heterocycles. The van der Waals surface area contributed by atoms with E-state index in [-0.39, 0.29) is 23.2 Å². The number of halogens is 1. The Balaban J connectivity index is 1.95. The molecule has 1 aromatic rings. The number of aromatic nitrogens is 2. The van der Waals surface area contributed by atoms with E-state index in [0.29, 0.717) is 11.4 Å². The number of alkyl carbamates (subject to hydrolysis) is 1. The molecule has 0 bridgehead atoms. The highest BCUT2D eigenvalue weighted by atomic mass is 35.5. The predicted molar refractivity (Wildman–Crippen MR) is 99.4 cm³/mol. The molecule has 0 unspecified atom stereocenters. The summed E-state index contributed by atoms with van der Waals surface area (Å²) in [5, 5.41) is 5.35. The molecule has 146 valence electrons. The fraction of sp³-hybridized carbons (Fsp3) is 0.556. The van der Waals surface area contributed by atoms with E-state index in [2.05, 4.69) is 32.4 Å². The van der Waals surface area contributed by atoms with Crippen molar-refractivity contribution in [3.63, 3.8) is 0 Å². The highest BCUT2D eigenvalue weighted by Gasteiger charge is 2.25. The van der Waals surface area contributed by atoms with Crippen LogP contribution in [0.25, 0.3) is 0 Å². The van der Waals surface area contributed by atoms with Gasteiger partial charge in [-0.3, -0.25) is 4.79 Å². The van der Waals surface area contributed by atoms with Crippen LogP contribution in [0.2, 0.25) is 5.28 Å². The van der Waals surface area contributed by atoms with Gasteiger partial charge in [0.2, 0.25) is 11.2 Å². The van der Waals surface area contributed by atoms with Crippen LogP contribution in [0.15, 0.2) is 6.20 Å². The van der Waals surface area contributed by atoms with Crippen molar-refractivity contribution in [2.24, 2.45) is 5.92 Å². The van der Waals surface area contributed by atoms with Crippen molar-refractivity contribution >= 4 is 23.6 Å². The Hall–Kier alpha value is -2.53. The number of rotatable bonds is 4. The fourth-order valence-electron chi connectivity index (χ4n) is 2.81. The minimum absolute atomic E-state index is 0.00958. The second-order valence-electron chi connectivity index (χ2n) is 6.20. The summed E-state index contributed by atoms with van der Waals surface area (Å²) < 4.78 is 10.1. The summed E-state index contributed by atoms with van der Waals surface area (Å²) in [6.45, 7) is 1.54. The maximum atomic E-state index is 12.2. The first-order chi connectivity index (χ1) is 12.9. The number of hydrogen-bond donors (Lipinski definition) is 2. The summed E-state index contributed by atoms with van der Waals surface area (Å²) in [6, 6.07) is -0.00958. The van der Waals surface area contributed by atoms with Crippen LogP contribution in [0, 0.1) is 17.8 Å². The van der Waals surface area contributed by atoms with Gasteiger partial charge in [0.1, 0.15) is 5.56 Å². The molecule has 1 fully saturated rings. The summed E-state index contributed by atoms with van der Waals surface area (Å²) in [5.41, 5.74) is 0.570. The molecule has 1 aliphatic rings. The Morgan fingerprint density at radius 3 is 2.89 bits per heavy atom. The zero-order valence-corrected chi connectivity index (χ0v) is 16.3. The third kappa shape index (κ3) is 6.29. The molecular formula is C18H23ClN4O4. The number of nitrogens with one attached hydrogen (secondary N) is 2. The van der Waals surface area contributed by atoms with Crippen molar-refractivity contribution < 1.29 is 19.1 Å². The summed E-state index contributed by atoms with van der Waals surface area (Å²) in [6.07, 6.45) is 3.52. The van der Waals surface area contributed by atoms with Gasteiger partial charge in [-0.15, -0.1) is 0 Å². The molecule has 9 heteroatoms. The first-order valence-electron chi connectivity index (χ1n) is 8.69. The van der Waals surface area contributed by atoms with Gasteiger partial charge in [-0.05, 0) is 37.8 Å². The molecule has 27 heavy (non-hydrogen) atoms. The van der Waals surface area contributed by atoms with E-state index >= 15 is 0 Å². The molecule has 2 rings (SSSR count). The summed E-state index contributed by atoms with van der Waals surface area (Å²) >= 11 is 5.75. The van der Waals surface area contributed by atoms with Gasteiger partial charge in [-0.1, -0.05) is 18.3 Å². The van der Waals surface area contributed by atoms with Crippen molar-refractivity contribution in [3.8, 4) is 17.7 Å². The van der Waals surface area contributed by atoms with Gasteiger partial charge >= 0.3 is 6.09 Å². The monoisotopic (exact) mass is 394 g/mol. The Labute approximate surface area is 163 Å². The number of amides is 2. The first-order valence-corrected chi connectivity index (χ1v) is 9.07. The van der Waals surface area contributed by atoms with Crippen LogP contribution in [0.3, 0.4) is 0 Å². The first kappa shape index (κ1) is 20.8. The highest BCUT2D eigenvalue weighted by Crippen LogP contribution is 2.24. The van der Waals surface area contributed by atoms with Gasteiger partial charge in [0.25, 0.3) is 5.91 Å². The number of methoxy groups -OCH3 is 1. The number of carbonyl (C=O) groups excluding carboxylic acids is 2. The highest BCUT2D eigenvalue weighted by molar-refractivity contribution is 6.28. The van der Waals surface area contributed by atoms with Crippen LogP contribution in [-0.2, 0) is 9.53 Å². The molecule has 1 saturated carbocycles. The van der Waals surface area contributed by atoms with E-state index in [1.165, 1.54) is 27.3 Å². The second-order valence-corrected chi connectivity index (χ2v) is 6.54. The van der Waals surface area contributed by atoms with E-state index in [1.54, 1.807) is 0 Å². The Bertz CT molecular complexity index is 747. The number of ether oxygens (including phenoxy) is 2. The molecular weight excluding hydrogens is 372 g/mol. The van der Waals surface area contributed by atoms with Crippen LogP contribution in [-0.4, -0.2) is 48.3 Å². The van der Waals surface area contributed by atoms with Crippen molar-refractivity contribution in [2.45, 2.75) is 44.8 Å². The fourth-order valence-corrected chi connectivity index (χ4v) is 2.94. The quantitative estimate of drug-likeness (QED) is 0.597. The Morgan fingerprint density at radius 1 is 1.41 bits per heavy atom. The zero-order valence-electron chi connectivity index (χ0n) is 15.5.